The molecule has 0 radical (unpaired) electrons. The van der Waals surface area contributed by atoms with E-state index in [4.69, 9.17) is 0 Å². The normalized spacial score (nSPS) is 10.0. The minimum Gasteiger partial charge on any atom is -0.281 e. The largest absolute Gasteiger partial charge is 0.281 e. The molecule has 0 aromatic heterocycles. The highest BCUT2D eigenvalue weighted by Crippen LogP contribution is 2.10. The number of rotatable bonds is 6. The Balaban J connectivity index is 2.72. The summed E-state index contributed by atoms with van der Waals surface area (Å²) in [5.74, 6) is -0.200. The van der Waals surface area contributed by atoms with E-state index >= 15 is 0 Å². The molecule has 3 nitrogen and oxygen atoms in total. The van der Waals surface area contributed by atoms with Crippen molar-refractivity contribution in [1.82, 2.24) is 4.90 Å². The second-order valence-electron chi connectivity index (χ2n) is 4.13. The van der Waals surface area contributed by atoms with E-state index in [1.165, 1.54) is 4.90 Å². The minimum absolute atomic E-state index is 0.200. The first-order valence-electron chi connectivity index (χ1n) is 6.02. The summed E-state index contributed by atoms with van der Waals surface area (Å²) in [6.07, 6.45) is 3.61. The first-order chi connectivity index (χ1) is 8.20. The molecule has 0 saturated heterocycles. The molecule has 1 aromatic rings. The lowest BCUT2D eigenvalue weighted by Crippen LogP contribution is -2.31. The molecule has 1 rings (SSSR count). The standard InChI is InChI=1S/C14H19NO2/c1-3-4-7-10-15(11-16)14(17)13-9-6-5-8-12(13)2/h5-6,8-9,11H,3-4,7,10H2,1-2H3. The lowest BCUT2D eigenvalue weighted by atomic mass is 10.1. The Morgan fingerprint density at radius 1 is 1.29 bits per heavy atom. The maximum absolute atomic E-state index is 12.1. The Morgan fingerprint density at radius 2 is 2.00 bits per heavy atom. The number of imide groups is 1. The average molecular weight is 233 g/mol. The van der Waals surface area contributed by atoms with Crippen molar-refractivity contribution in [2.45, 2.75) is 33.1 Å². The summed E-state index contributed by atoms with van der Waals surface area (Å²) < 4.78 is 0. The second kappa shape index (κ2) is 6.84. The van der Waals surface area contributed by atoms with E-state index in [2.05, 4.69) is 6.92 Å². The van der Waals surface area contributed by atoms with Crippen LogP contribution in [-0.2, 0) is 4.79 Å². The van der Waals surface area contributed by atoms with Crippen LogP contribution >= 0.6 is 0 Å². The van der Waals surface area contributed by atoms with Crippen molar-refractivity contribution < 1.29 is 9.59 Å². The second-order valence-corrected chi connectivity index (χ2v) is 4.13. The average Bonchev–Trinajstić information content (AvgIpc) is 2.35. The summed E-state index contributed by atoms with van der Waals surface area (Å²) in [5, 5.41) is 0. The highest BCUT2D eigenvalue weighted by atomic mass is 16.2. The Labute approximate surface area is 102 Å². The van der Waals surface area contributed by atoms with E-state index < -0.39 is 0 Å². The Bertz CT molecular complexity index is 388. The van der Waals surface area contributed by atoms with Crippen molar-refractivity contribution in [3.05, 3.63) is 35.4 Å². The third-order valence-electron chi connectivity index (χ3n) is 2.77. The van der Waals surface area contributed by atoms with Crippen LogP contribution in [0.15, 0.2) is 24.3 Å². The van der Waals surface area contributed by atoms with Crippen LogP contribution in [0.2, 0.25) is 0 Å². The molecule has 0 N–H and O–H groups in total. The molecule has 0 heterocycles. The van der Waals surface area contributed by atoms with Gasteiger partial charge in [-0.1, -0.05) is 38.0 Å². The Kier molecular flexibility index (Phi) is 5.40. The molecular formula is C14H19NO2. The van der Waals surface area contributed by atoms with Gasteiger partial charge in [0, 0.05) is 12.1 Å². The molecule has 0 saturated carbocycles. The van der Waals surface area contributed by atoms with E-state index in [1.807, 2.05) is 25.1 Å². The van der Waals surface area contributed by atoms with Crippen molar-refractivity contribution in [3.63, 3.8) is 0 Å². The van der Waals surface area contributed by atoms with Crippen LogP contribution in [0, 0.1) is 6.92 Å². The van der Waals surface area contributed by atoms with Gasteiger partial charge in [0.05, 0.1) is 0 Å². The topological polar surface area (TPSA) is 37.4 Å². The predicted octanol–water partition coefficient (Wildman–Crippen LogP) is 2.78. The third kappa shape index (κ3) is 3.70. The predicted molar refractivity (Wildman–Crippen MR) is 67.8 cm³/mol. The van der Waals surface area contributed by atoms with Crippen LogP contribution in [0.3, 0.4) is 0 Å². The maximum Gasteiger partial charge on any atom is 0.260 e. The first-order valence-corrected chi connectivity index (χ1v) is 6.02. The fourth-order valence-corrected chi connectivity index (χ4v) is 1.70. The van der Waals surface area contributed by atoms with Gasteiger partial charge in [-0.05, 0) is 25.0 Å². The highest BCUT2D eigenvalue weighted by molar-refractivity contribution is 6.00. The number of hydrogen-bond acceptors (Lipinski definition) is 2. The number of aryl methyl sites for hydroxylation is 1. The van der Waals surface area contributed by atoms with Gasteiger partial charge in [0.1, 0.15) is 0 Å². The molecular weight excluding hydrogens is 214 g/mol. The first kappa shape index (κ1) is 13.4. The van der Waals surface area contributed by atoms with Gasteiger partial charge in [-0.25, -0.2) is 0 Å². The number of unbranched alkanes of at least 4 members (excludes halogenated alkanes) is 2. The van der Waals surface area contributed by atoms with Gasteiger partial charge >= 0.3 is 0 Å². The van der Waals surface area contributed by atoms with E-state index in [0.717, 1.165) is 24.8 Å². The Morgan fingerprint density at radius 3 is 2.59 bits per heavy atom. The fraction of sp³-hybridized carbons (Fsp3) is 0.429. The molecule has 0 aliphatic rings. The highest BCUT2D eigenvalue weighted by Gasteiger charge is 2.15. The molecule has 17 heavy (non-hydrogen) atoms. The van der Waals surface area contributed by atoms with Crippen molar-refractivity contribution >= 4 is 12.3 Å². The molecule has 2 amide bonds. The number of carbonyl (C=O) groups excluding carboxylic acids is 2. The number of nitrogens with zero attached hydrogens (tertiary/aromatic N) is 1. The maximum atomic E-state index is 12.1. The van der Waals surface area contributed by atoms with Gasteiger partial charge < -0.3 is 0 Å². The van der Waals surface area contributed by atoms with Crippen molar-refractivity contribution in [1.29, 1.82) is 0 Å². The van der Waals surface area contributed by atoms with Gasteiger partial charge in [0.25, 0.3) is 5.91 Å². The van der Waals surface area contributed by atoms with E-state index in [0.29, 0.717) is 18.5 Å². The molecule has 3 heteroatoms. The molecule has 92 valence electrons. The summed E-state index contributed by atoms with van der Waals surface area (Å²) in [6, 6.07) is 7.33. The van der Waals surface area contributed by atoms with Crippen LogP contribution in [0.4, 0.5) is 0 Å². The van der Waals surface area contributed by atoms with Gasteiger partial charge in [-0.2, -0.15) is 0 Å². The zero-order valence-corrected chi connectivity index (χ0v) is 10.5. The molecule has 0 spiro atoms. The molecule has 0 atom stereocenters. The summed E-state index contributed by atoms with van der Waals surface area (Å²) in [7, 11) is 0. The quantitative estimate of drug-likeness (QED) is 0.559. The monoisotopic (exact) mass is 233 g/mol. The number of hydrogen-bond donors (Lipinski definition) is 0. The lowest BCUT2D eigenvalue weighted by Gasteiger charge is -2.16. The van der Waals surface area contributed by atoms with Crippen LogP contribution in [0.5, 0.6) is 0 Å². The number of amides is 2. The summed E-state index contributed by atoms with van der Waals surface area (Å²) in [5.41, 5.74) is 1.51. The van der Waals surface area contributed by atoms with Gasteiger partial charge in [-0.3, -0.25) is 14.5 Å². The summed E-state index contributed by atoms with van der Waals surface area (Å²) in [6.45, 7) is 4.47. The molecule has 0 aliphatic heterocycles. The zero-order valence-electron chi connectivity index (χ0n) is 10.5. The van der Waals surface area contributed by atoms with Crippen molar-refractivity contribution in [2.24, 2.45) is 0 Å². The van der Waals surface area contributed by atoms with Gasteiger partial charge in [-0.15, -0.1) is 0 Å². The van der Waals surface area contributed by atoms with Crippen LogP contribution in [-0.4, -0.2) is 23.8 Å². The smallest absolute Gasteiger partial charge is 0.260 e. The van der Waals surface area contributed by atoms with Crippen molar-refractivity contribution in [3.8, 4) is 0 Å². The van der Waals surface area contributed by atoms with Gasteiger partial charge in [0.2, 0.25) is 6.41 Å². The molecule has 1 aromatic carbocycles. The molecule has 0 fully saturated rings. The van der Waals surface area contributed by atoms with Gasteiger partial charge in [0.15, 0.2) is 0 Å². The van der Waals surface area contributed by atoms with E-state index in [-0.39, 0.29) is 5.91 Å². The summed E-state index contributed by atoms with van der Waals surface area (Å²) in [4.78, 5) is 24.3. The van der Waals surface area contributed by atoms with Crippen LogP contribution < -0.4 is 0 Å². The van der Waals surface area contributed by atoms with Crippen LogP contribution in [0.25, 0.3) is 0 Å². The number of benzene rings is 1. The van der Waals surface area contributed by atoms with Crippen LogP contribution in [0.1, 0.15) is 42.1 Å². The third-order valence-corrected chi connectivity index (χ3v) is 2.77. The molecule has 0 aliphatic carbocycles. The van der Waals surface area contributed by atoms with E-state index in [1.54, 1.807) is 6.07 Å². The zero-order chi connectivity index (χ0) is 12.7. The van der Waals surface area contributed by atoms with Crippen molar-refractivity contribution in [2.75, 3.05) is 6.54 Å². The Hall–Kier alpha value is -1.64. The molecule has 0 bridgehead atoms. The fourth-order valence-electron chi connectivity index (χ4n) is 1.70. The summed E-state index contributed by atoms with van der Waals surface area (Å²) >= 11 is 0. The number of carbonyl (C=O) groups is 2. The minimum atomic E-state index is -0.200. The SMILES string of the molecule is CCCCCN(C=O)C(=O)c1ccccc1C. The molecule has 0 unspecified atom stereocenters. The lowest BCUT2D eigenvalue weighted by molar-refractivity contribution is -0.116. The van der Waals surface area contributed by atoms with E-state index in [9.17, 15) is 9.59 Å².